The number of thioether (sulfide) groups is 1. The van der Waals surface area contributed by atoms with E-state index in [0.717, 1.165) is 35.9 Å². The highest BCUT2D eigenvalue weighted by atomic mass is 32.2. The lowest BCUT2D eigenvalue weighted by molar-refractivity contribution is 0.259. The molecule has 1 aliphatic heterocycles. The largest absolute Gasteiger partial charge is 0.492 e. The summed E-state index contributed by atoms with van der Waals surface area (Å²) < 4.78 is 5.82. The van der Waals surface area contributed by atoms with E-state index < -0.39 is 0 Å². The van der Waals surface area contributed by atoms with Crippen LogP contribution in [0.2, 0.25) is 0 Å². The topological polar surface area (TPSA) is 45.0 Å². The molecule has 3 nitrogen and oxygen atoms in total. The Morgan fingerprint density at radius 3 is 3.11 bits per heavy atom. The number of nitrogens with zero attached hydrogens (tertiary/aromatic N) is 1. The van der Waals surface area contributed by atoms with Gasteiger partial charge in [-0.3, -0.25) is 0 Å². The van der Waals surface area contributed by atoms with Crippen molar-refractivity contribution in [2.24, 2.45) is 5.92 Å². The molecule has 0 aliphatic carbocycles. The van der Waals surface area contributed by atoms with Gasteiger partial charge in [0.25, 0.3) is 0 Å². The summed E-state index contributed by atoms with van der Waals surface area (Å²) in [5.74, 6) is 2.26. The van der Waals surface area contributed by atoms with Gasteiger partial charge < -0.3 is 10.1 Å². The fourth-order valence-corrected chi connectivity index (χ4v) is 2.86. The van der Waals surface area contributed by atoms with Gasteiger partial charge in [0.05, 0.1) is 6.61 Å². The summed E-state index contributed by atoms with van der Waals surface area (Å²) in [7, 11) is 0. The third-order valence-electron chi connectivity index (χ3n) is 3.04. The van der Waals surface area contributed by atoms with Crippen LogP contribution < -0.4 is 10.1 Å². The minimum Gasteiger partial charge on any atom is -0.492 e. The lowest BCUT2D eigenvalue weighted by Crippen LogP contribution is -2.15. The molecule has 0 bridgehead atoms. The second-order valence-electron chi connectivity index (χ2n) is 4.34. The van der Waals surface area contributed by atoms with E-state index in [-0.39, 0.29) is 0 Å². The van der Waals surface area contributed by atoms with E-state index in [0.29, 0.717) is 18.1 Å². The predicted octanol–water partition coefficient (Wildman–Crippen LogP) is 2.66. The van der Waals surface area contributed by atoms with Gasteiger partial charge in [-0.2, -0.15) is 5.26 Å². The first-order valence-electron chi connectivity index (χ1n) is 6.34. The van der Waals surface area contributed by atoms with Crippen LogP contribution in [0, 0.1) is 17.2 Å². The molecule has 1 heterocycles. The fourth-order valence-electron chi connectivity index (χ4n) is 2.08. The molecule has 1 aromatic rings. The van der Waals surface area contributed by atoms with Crippen LogP contribution in [0.1, 0.15) is 18.9 Å². The average molecular weight is 262 g/mol. The van der Waals surface area contributed by atoms with Gasteiger partial charge in [-0.1, -0.05) is 13.0 Å². The first-order valence-corrected chi connectivity index (χ1v) is 7.33. The van der Waals surface area contributed by atoms with Crippen LogP contribution in [0.15, 0.2) is 23.1 Å². The summed E-state index contributed by atoms with van der Waals surface area (Å²) in [5.41, 5.74) is 0.676. The molecule has 0 amide bonds. The molecule has 0 aromatic heterocycles. The highest BCUT2D eigenvalue weighted by Gasteiger charge is 2.16. The van der Waals surface area contributed by atoms with Gasteiger partial charge in [-0.05, 0) is 30.9 Å². The molecule has 1 aromatic carbocycles. The first kappa shape index (κ1) is 13.3. The highest BCUT2D eigenvalue weighted by Crippen LogP contribution is 2.29. The van der Waals surface area contributed by atoms with Crippen LogP contribution >= 0.6 is 11.8 Å². The normalized spacial score (nSPS) is 18.6. The van der Waals surface area contributed by atoms with E-state index in [2.05, 4.69) is 18.3 Å². The summed E-state index contributed by atoms with van der Waals surface area (Å²) in [6, 6.07) is 8.09. The third-order valence-corrected chi connectivity index (χ3v) is 3.98. The molecule has 0 spiro atoms. The molecule has 4 heteroatoms. The minimum atomic E-state index is 0.569. The molecule has 1 aliphatic rings. The zero-order chi connectivity index (χ0) is 12.8. The zero-order valence-corrected chi connectivity index (χ0v) is 11.4. The van der Waals surface area contributed by atoms with E-state index in [1.165, 1.54) is 0 Å². The molecule has 18 heavy (non-hydrogen) atoms. The first-order chi connectivity index (χ1) is 8.85. The standard InChI is InChI=1S/C14H18N2OS/c1-2-18-14-5-3-4-13(12(14)8-15)17-10-11-6-7-16-9-11/h3-5,11,16H,2,6-7,9-10H2,1H3. The second-order valence-corrected chi connectivity index (χ2v) is 5.65. The maximum Gasteiger partial charge on any atom is 0.138 e. The zero-order valence-electron chi connectivity index (χ0n) is 10.6. The van der Waals surface area contributed by atoms with Gasteiger partial charge in [0.2, 0.25) is 0 Å². The van der Waals surface area contributed by atoms with Crippen molar-refractivity contribution in [1.29, 1.82) is 5.26 Å². The minimum absolute atomic E-state index is 0.569. The summed E-state index contributed by atoms with van der Waals surface area (Å²) in [6.45, 7) is 4.88. The van der Waals surface area contributed by atoms with Crippen LogP contribution in [0.4, 0.5) is 0 Å². The average Bonchev–Trinajstić information content (AvgIpc) is 2.90. The molecule has 1 N–H and O–H groups in total. The Morgan fingerprint density at radius 1 is 1.56 bits per heavy atom. The summed E-state index contributed by atoms with van der Waals surface area (Å²) in [4.78, 5) is 1.02. The van der Waals surface area contributed by atoms with Crippen LogP contribution in [0.25, 0.3) is 0 Å². The Kier molecular flexibility index (Phi) is 4.91. The predicted molar refractivity (Wildman–Crippen MR) is 74.0 cm³/mol. The van der Waals surface area contributed by atoms with Crippen molar-refractivity contribution in [2.45, 2.75) is 18.2 Å². The van der Waals surface area contributed by atoms with Crippen molar-refractivity contribution in [3.8, 4) is 11.8 Å². The van der Waals surface area contributed by atoms with Crippen LogP contribution in [0.5, 0.6) is 5.75 Å². The molecule has 1 atom stereocenters. The van der Waals surface area contributed by atoms with Crippen molar-refractivity contribution in [1.82, 2.24) is 5.32 Å². The summed E-state index contributed by atoms with van der Waals surface area (Å²) in [6.07, 6.45) is 1.16. The number of rotatable bonds is 5. The molecule has 0 saturated carbocycles. The number of ether oxygens (including phenoxy) is 1. The van der Waals surface area contributed by atoms with E-state index in [1.807, 2.05) is 18.2 Å². The Morgan fingerprint density at radius 2 is 2.44 bits per heavy atom. The number of benzene rings is 1. The number of nitrogens with one attached hydrogen (secondary N) is 1. The van der Waals surface area contributed by atoms with E-state index in [4.69, 9.17) is 4.74 Å². The van der Waals surface area contributed by atoms with Gasteiger partial charge in [0.1, 0.15) is 17.4 Å². The van der Waals surface area contributed by atoms with Gasteiger partial charge in [0.15, 0.2) is 0 Å². The lowest BCUT2D eigenvalue weighted by atomic mass is 10.1. The van der Waals surface area contributed by atoms with E-state index in [1.54, 1.807) is 11.8 Å². The monoisotopic (exact) mass is 262 g/mol. The molecule has 1 fully saturated rings. The molecular formula is C14H18N2OS. The molecule has 1 unspecified atom stereocenters. The third kappa shape index (κ3) is 3.18. The van der Waals surface area contributed by atoms with Gasteiger partial charge in [-0.15, -0.1) is 11.8 Å². The quantitative estimate of drug-likeness (QED) is 0.829. The molecule has 2 rings (SSSR count). The van der Waals surface area contributed by atoms with Crippen molar-refractivity contribution >= 4 is 11.8 Å². The second kappa shape index (κ2) is 6.67. The number of hydrogen-bond acceptors (Lipinski definition) is 4. The summed E-state index contributed by atoms with van der Waals surface area (Å²) >= 11 is 1.68. The van der Waals surface area contributed by atoms with Crippen LogP contribution in [-0.4, -0.2) is 25.4 Å². The van der Waals surface area contributed by atoms with Gasteiger partial charge in [-0.25, -0.2) is 0 Å². The van der Waals surface area contributed by atoms with Crippen molar-refractivity contribution < 1.29 is 4.74 Å². The Labute approximate surface area is 113 Å². The van der Waals surface area contributed by atoms with Gasteiger partial charge in [0, 0.05) is 17.4 Å². The Balaban J connectivity index is 2.06. The SMILES string of the molecule is CCSc1cccc(OCC2CCNC2)c1C#N. The number of nitriles is 1. The smallest absolute Gasteiger partial charge is 0.138 e. The molecular weight excluding hydrogens is 244 g/mol. The lowest BCUT2D eigenvalue weighted by Gasteiger charge is -2.13. The van der Waals surface area contributed by atoms with E-state index >= 15 is 0 Å². The van der Waals surface area contributed by atoms with Crippen molar-refractivity contribution in [3.05, 3.63) is 23.8 Å². The highest BCUT2D eigenvalue weighted by molar-refractivity contribution is 7.99. The molecule has 96 valence electrons. The van der Waals surface area contributed by atoms with E-state index in [9.17, 15) is 5.26 Å². The summed E-state index contributed by atoms with van der Waals surface area (Å²) in [5, 5.41) is 12.6. The number of hydrogen-bond donors (Lipinski definition) is 1. The van der Waals surface area contributed by atoms with Gasteiger partial charge >= 0.3 is 0 Å². The Hall–Kier alpha value is -1.18. The van der Waals surface area contributed by atoms with Crippen molar-refractivity contribution in [2.75, 3.05) is 25.4 Å². The van der Waals surface area contributed by atoms with Crippen LogP contribution in [0.3, 0.4) is 0 Å². The van der Waals surface area contributed by atoms with Crippen molar-refractivity contribution in [3.63, 3.8) is 0 Å². The maximum atomic E-state index is 9.26. The Bertz CT molecular complexity index is 436. The fraction of sp³-hybridized carbons (Fsp3) is 0.500. The maximum absolute atomic E-state index is 9.26. The van der Waals surface area contributed by atoms with Crippen LogP contribution in [-0.2, 0) is 0 Å². The molecule has 1 saturated heterocycles. The molecule has 0 radical (unpaired) electrons.